The lowest BCUT2D eigenvalue weighted by Gasteiger charge is -2.21. The zero-order valence-electron chi connectivity index (χ0n) is 6.85. The molecule has 0 saturated heterocycles. The van der Waals surface area contributed by atoms with Crippen molar-refractivity contribution in [2.24, 2.45) is 0 Å². The minimum absolute atomic E-state index is 0. The predicted octanol–water partition coefficient (Wildman–Crippen LogP) is -3.13. The van der Waals surface area contributed by atoms with Gasteiger partial charge in [0.1, 0.15) is 0 Å². The van der Waals surface area contributed by atoms with Gasteiger partial charge in [-0.15, -0.1) is 0 Å². The molecule has 0 aliphatic rings. The molecule has 0 N–H and O–H groups in total. The maximum absolute atomic E-state index is 10.6. The number of hydrogen-bond donors (Lipinski definition) is 0. The van der Waals surface area contributed by atoms with Crippen LogP contribution in [0.15, 0.2) is 0 Å². The molecule has 0 radical (unpaired) electrons. The quantitative estimate of drug-likeness (QED) is 0.357. The van der Waals surface area contributed by atoms with E-state index in [1.807, 2.05) is 21.1 Å². The molecule has 0 rings (SSSR count). The molecule has 10 heavy (non-hydrogen) atoms. The molecule has 0 aliphatic carbocycles. The van der Waals surface area contributed by atoms with Gasteiger partial charge in [0.2, 0.25) is 0 Å². The van der Waals surface area contributed by atoms with Gasteiger partial charge < -0.3 is 26.2 Å². The topological polar surface area (TPSA) is 26.3 Å². The second kappa shape index (κ2) is 4.68. The Morgan fingerprint density at radius 1 is 1.40 bits per heavy atom. The van der Waals surface area contributed by atoms with Crippen molar-refractivity contribution in [3.05, 3.63) is 0 Å². The Hall–Kier alpha value is -0.0900. The largest absolute Gasteiger partial charge is 1.00 e. The molecule has 0 aromatic rings. The molecule has 0 fully saturated rings. The first-order chi connectivity index (χ1) is 3.95. The first kappa shape index (κ1) is 12.6. The molecule has 0 heterocycles. The molecule has 0 amide bonds. The Bertz CT molecular complexity index is 109. The molecule has 0 atom stereocenters. The van der Waals surface area contributed by atoms with Crippen molar-refractivity contribution in [2.45, 2.75) is 0 Å². The minimum Gasteiger partial charge on any atom is -1.00 e. The molecule has 0 spiro atoms. The van der Waals surface area contributed by atoms with Crippen LogP contribution in [0.5, 0.6) is 0 Å². The van der Waals surface area contributed by atoms with E-state index >= 15 is 0 Å². The molecule has 0 aliphatic heterocycles. The number of rotatable bonds is 2. The van der Waals surface area contributed by atoms with Crippen molar-refractivity contribution in [3.8, 4) is 0 Å². The Morgan fingerprint density at radius 3 is 1.90 bits per heavy atom. The van der Waals surface area contributed by atoms with Crippen LogP contribution in [0.4, 0.5) is 0 Å². The Balaban J connectivity index is 0. The van der Waals surface area contributed by atoms with Crippen molar-refractivity contribution in [1.82, 2.24) is 0 Å². The van der Waals surface area contributed by atoms with Crippen LogP contribution in [0.1, 0.15) is 0 Å². The van der Waals surface area contributed by atoms with Gasteiger partial charge in [0.15, 0.2) is 6.54 Å². The number of likely N-dealkylation sites (N-methyl/N-ethyl adjacent to an activating group) is 1. The van der Waals surface area contributed by atoms with E-state index in [-0.39, 0.29) is 23.0 Å². The van der Waals surface area contributed by atoms with Crippen LogP contribution in [0, 0.1) is 0 Å². The summed E-state index contributed by atoms with van der Waals surface area (Å²) in [6, 6.07) is 0. The van der Waals surface area contributed by atoms with Gasteiger partial charge in [-0.1, -0.05) is 0 Å². The second-order valence-corrected chi connectivity index (χ2v) is 3.02. The molecular formula is C6H14BrNO2. The monoisotopic (exact) mass is 211 g/mol. The molecule has 3 nitrogen and oxygen atoms in total. The smallest absolute Gasteiger partial charge is 0.361 e. The van der Waals surface area contributed by atoms with Crippen LogP contribution in [0.3, 0.4) is 0 Å². The van der Waals surface area contributed by atoms with Crippen molar-refractivity contribution in [1.29, 1.82) is 0 Å². The SMILES string of the molecule is COC(=O)C[N+](C)(C)C.[Br-]. The van der Waals surface area contributed by atoms with Crippen LogP contribution >= 0.6 is 0 Å². The number of methoxy groups -OCH3 is 1. The van der Waals surface area contributed by atoms with Crippen molar-refractivity contribution < 1.29 is 31.0 Å². The molecule has 0 bridgehead atoms. The zero-order chi connectivity index (χ0) is 7.49. The van der Waals surface area contributed by atoms with Crippen molar-refractivity contribution in [3.63, 3.8) is 0 Å². The summed E-state index contributed by atoms with van der Waals surface area (Å²) in [5, 5.41) is 0. The number of esters is 1. The fourth-order valence-electron chi connectivity index (χ4n) is 0.452. The number of nitrogens with zero attached hydrogens (tertiary/aromatic N) is 1. The molecule has 62 valence electrons. The van der Waals surface area contributed by atoms with Gasteiger partial charge in [0.05, 0.1) is 28.3 Å². The third-order valence-corrected chi connectivity index (χ3v) is 0.831. The molecule has 0 saturated carbocycles. The highest BCUT2D eigenvalue weighted by molar-refractivity contribution is 5.70. The number of carbonyl (C=O) groups excluding carboxylic acids is 1. The Labute approximate surface area is 72.3 Å². The molecule has 0 aromatic carbocycles. The van der Waals surface area contributed by atoms with Crippen LogP contribution < -0.4 is 17.0 Å². The molecule has 4 heteroatoms. The van der Waals surface area contributed by atoms with E-state index in [2.05, 4.69) is 4.74 Å². The molecule has 0 aromatic heterocycles. The summed E-state index contributed by atoms with van der Waals surface area (Å²) < 4.78 is 5.09. The van der Waals surface area contributed by atoms with E-state index in [1.54, 1.807) is 0 Å². The maximum atomic E-state index is 10.6. The van der Waals surface area contributed by atoms with E-state index in [4.69, 9.17) is 0 Å². The summed E-state index contributed by atoms with van der Waals surface area (Å²) in [7, 11) is 7.22. The Kier molecular flexibility index (Phi) is 5.89. The number of quaternary nitrogens is 1. The number of carbonyl (C=O) groups is 1. The fraction of sp³-hybridized carbons (Fsp3) is 0.833. The maximum Gasteiger partial charge on any atom is 0.361 e. The third kappa shape index (κ3) is 7.91. The number of halogens is 1. The van der Waals surface area contributed by atoms with Gasteiger partial charge in [-0.05, 0) is 0 Å². The normalized spacial score (nSPS) is 10.0. The van der Waals surface area contributed by atoms with Crippen LogP contribution in [0.25, 0.3) is 0 Å². The highest BCUT2D eigenvalue weighted by atomic mass is 79.9. The lowest BCUT2D eigenvalue weighted by Crippen LogP contribution is -3.00. The minimum atomic E-state index is -0.164. The molecular weight excluding hydrogens is 198 g/mol. The zero-order valence-corrected chi connectivity index (χ0v) is 8.43. The lowest BCUT2D eigenvalue weighted by atomic mass is 10.5. The van der Waals surface area contributed by atoms with E-state index in [0.717, 1.165) is 0 Å². The summed E-state index contributed by atoms with van der Waals surface area (Å²) in [4.78, 5) is 10.6. The molecule has 0 unspecified atom stereocenters. The van der Waals surface area contributed by atoms with Crippen LogP contribution in [-0.2, 0) is 9.53 Å². The lowest BCUT2D eigenvalue weighted by molar-refractivity contribution is -0.862. The predicted molar refractivity (Wildman–Crippen MR) is 34.9 cm³/mol. The van der Waals surface area contributed by atoms with Crippen molar-refractivity contribution in [2.75, 3.05) is 34.8 Å². The average Bonchev–Trinajstić information content (AvgIpc) is 1.62. The fourth-order valence-corrected chi connectivity index (χ4v) is 0.452. The summed E-state index contributed by atoms with van der Waals surface area (Å²) in [6.45, 7) is 0.427. The van der Waals surface area contributed by atoms with Gasteiger partial charge in [-0.2, -0.15) is 0 Å². The van der Waals surface area contributed by atoms with Gasteiger partial charge in [0.25, 0.3) is 0 Å². The van der Waals surface area contributed by atoms with Gasteiger partial charge >= 0.3 is 5.97 Å². The summed E-state index contributed by atoms with van der Waals surface area (Å²) >= 11 is 0. The van der Waals surface area contributed by atoms with Gasteiger partial charge in [-0.25, -0.2) is 4.79 Å². The van der Waals surface area contributed by atoms with Crippen LogP contribution in [-0.4, -0.2) is 45.2 Å². The average molecular weight is 212 g/mol. The van der Waals surface area contributed by atoms with Gasteiger partial charge in [0, 0.05) is 0 Å². The van der Waals surface area contributed by atoms with Crippen molar-refractivity contribution >= 4 is 5.97 Å². The second-order valence-electron chi connectivity index (χ2n) is 3.02. The van der Waals surface area contributed by atoms with E-state index in [1.165, 1.54) is 7.11 Å². The van der Waals surface area contributed by atoms with E-state index < -0.39 is 0 Å². The number of hydrogen-bond acceptors (Lipinski definition) is 2. The summed E-state index contributed by atoms with van der Waals surface area (Å²) in [6.07, 6.45) is 0. The standard InChI is InChI=1S/C6H14NO2.BrH/c1-7(2,3)5-6(8)9-4;/h5H2,1-4H3;1H/q+1;/p-1. The first-order valence-corrected chi connectivity index (χ1v) is 2.83. The van der Waals surface area contributed by atoms with E-state index in [9.17, 15) is 4.79 Å². The summed E-state index contributed by atoms with van der Waals surface area (Å²) in [5.74, 6) is -0.164. The van der Waals surface area contributed by atoms with Gasteiger partial charge in [-0.3, -0.25) is 0 Å². The first-order valence-electron chi connectivity index (χ1n) is 2.83. The highest BCUT2D eigenvalue weighted by Crippen LogP contribution is 1.89. The number of ether oxygens (including phenoxy) is 1. The van der Waals surface area contributed by atoms with E-state index in [0.29, 0.717) is 11.0 Å². The Morgan fingerprint density at radius 2 is 1.80 bits per heavy atom. The third-order valence-electron chi connectivity index (χ3n) is 0.831. The summed E-state index contributed by atoms with van der Waals surface area (Å²) in [5.41, 5.74) is 0. The van der Waals surface area contributed by atoms with Crippen LogP contribution in [0.2, 0.25) is 0 Å². The highest BCUT2D eigenvalue weighted by Gasteiger charge is 2.13.